The van der Waals surface area contributed by atoms with Crippen molar-refractivity contribution in [2.75, 3.05) is 5.75 Å². The molecule has 0 heterocycles. The van der Waals surface area contributed by atoms with Crippen LogP contribution in [-0.4, -0.2) is 16.8 Å². The number of carboxylic acids is 1. The SMILES string of the molecule is C=Cc1ccc(CSCCC(=O)O)cc1. The zero-order valence-corrected chi connectivity index (χ0v) is 9.30. The number of benzene rings is 1. The Morgan fingerprint density at radius 3 is 2.60 bits per heavy atom. The number of rotatable bonds is 6. The molecule has 15 heavy (non-hydrogen) atoms. The molecule has 80 valence electrons. The monoisotopic (exact) mass is 222 g/mol. The third-order valence-electron chi connectivity index (χ3n) is 1.94. The van der Waals surface area contributed by atoms with E-state index in [9.17, 15) is 4.79 Å². The lowest BCUT2D eigenvalue weighted by molar-refractivity contribution is -0.136. The number of carbonyl (C=O) groups is 1. The van der Waals surface area contributed by atoms with E-state index in [1.165, 1.54) is 5.56 Å². The quantitative estimate of drug-likeness (QED) is 0.752. The lowest BCUT2D eigenvalue weighted by Crippen LogP contribution is -1.96. The molecule has 0 aliphatic carbocycles. The van der Waals surface area contributed by atoms with Crippen molar-refractivity contribution in [1.29, 1.82) is 0 Å². The van der Waals surface area contributed by atoms with Gasteiger partial charge in [-0.25, -0.2) is 0 Å². The number of aliphatic carboxylic acids is 1. The smallest absolute Gasteiger partial charge is 0.304 e. The minimum atomic E-state index is -0.732. The summed E-state index contributed by atoms with van der Waals surface area (Å²) in [6.07, 6.45) is 2.04. The van der Waals surface area contributed by atoms with Gasteiger partial charge < -0.3 is 5.11 Å². The van der Waals surface area contributed by atoms with Gasteiger partial charge in [0, 0.05) is 11.5 Å². The normalized spacial score (nSPS) is 9.87. The lowest BCUT2D eigenvalue weighted by Gasteiger charge is -2.01. The maximum Gasteiger partial charge on any atom is 0.304 e. The highest BCUT2D eigenvalue weighted by molar-refractivity contribution is 7.98. The van der Waals surface area contributed by atoms with Crippen LogP contribution in [0.4, 0.5) is 0 Å². The van der Waals surface area contributed by atoms with Crippen molar-refractivity contribution in [3.05, 3.63) is 42.0 Å². The minimum absolute atomic E-state index is 0.232. The first kappa shape index (κ1) is 11.9. The topological polar surface area (TPSA) is 37.3 Å². The summed E-state index contributed by atoms with van der Waals surface area (Å²) in [5.41, 5.74) is 2.32. The van der Waals surface area contributed by atoms with Gasteiger partial charge in [0.15, 0.2) is 0 Å². The molecule has 0 aliphatic rings. The van der Waals surface area contributed by atoms with Gasteiger partial charge in [-0.3, -0.25) is 4.79 Å². The fraction of sp³-hybridized carbons (Fsp3) is 0.250. The molecule has 1 aromatic rings. The molecule has 0 radical (unpaired) electrons. The standard InChI is InChI=1S/C12H14O2S/c1-2-10-3-5-11(6-4-10)9-15-8-7-12(13)14/h2-6H,1,7-9H2,(H,13,14). The Bertz CT molecular complexity index is 330. The maximum atomic E-state index is 10.3. The van der Waals surface area contributed by atoms with Gasteiger partial charge in [0.1, 0.15) is 0 Å². The molecule has 0 saturated carbocycles. The molecule has 0 amide bonds. The zero-order chi connectivity index (χ0) is 11.1. The van der Waals surface area contributed by atoms with E-state index in [1.54, 1.807) is 17.8 Å². The highest BCUT2D eigenvalue weighted by atomic mass is 32.2. The fourth-order valence-electron chi connectivity index (χ4n) is 1.10. The van der Waals surface area contributed by atoms with E-state index in [4.69, 9.17) is 5.11 Å². The van der Waals surface area contributed by atoms with Gasteiger partial charge in [-0.05, 0) is 11.1 Å². The van der Waals surface area contributed by atoms with E-state index >= 15 is 0 Å². The van der Waals surface area contributed by atoms with Gasteiger partial charge in [0.05, 0.1) is 6.42 Å². The molecule has 0 unspecified atom stereocenters. The van der Waals surface area contributed by atoms with Gasteiger partial charge in [0.25, 0.3) is 0 Å². The van der Waals surface area contributed by atoms with Crippen molar-refractivity contribution in [2.24, 2.45) is 0 Å². The lowest BCUT2D eigenvalue weighted by atomic mass is 10.1. The molecule has 3 heteroatoms. The summed E-state index contributed by atoms with van der Waals surface area (Å²) in [6.45, 7) is 3.68. The van der Waals surface area contributed by atoms with Crippen LogP contribution in [0, 0.1) is 0 Å². The van der Waals surface area contributed by atoms with Gasteiger partial charge in [-0.2, -0.15) is 11.8 Å². The Kier molecular flexibility index (Phi) is 4.98. The predicted molar refractivity (Wildman–Crippen MR) is 64.9 cm³/mol. The van der Waals surface area contributed by atoms with E-state index < -0.39 is 5.97 Å². The second kappa shape index (κ2) is 6.30. The van der Waals surface area contributed by atoms with E-state index in [0.29, 0.717) is 5.75 Å². The van der Waals surface area contributed by atoms with Crippen molar-refractivity contribution in [1.82, 2.24) is 0 Å². The Morgan fingerprint density at radius 2 is 2.07 bits per heavy atom. The Morgan fingerprint density at radius 1 is 1.40 bits per heavy atom. The molecule has 0 aliphatic heterocycles. The van der Waals surface area contributed by atoms with Crippen LogP contribution in [0.1, 0.15) is 17.5 Å². The average molecular weight is 222 g/mol. The molecule has 0 spiro atoms. The third kappa shape index (κ3) is 4.70. The predicted octanol–water partition coefficient (Wildman–Crippen LogP) is 3.04. The van der Waals surface area contributed by atoms with E-state index in [2.05, 4.69) is 6.58 Å². The van der Waals surface area contributed by atoms with Crippen LogP contribution in [0.15, 0.2) is 30.8 Å². The summed E-state index contributed by atoms with van der Waals surface area (Å²) in [5, 5.41) is 8.45. The molecular weight excluding hydrogens is 208 g/mol. The largest absolute Gasteiger partial charge is 0.481 e. The summed E-state index contributed by atoms with van der Waals surface area (Å²) in [5.74, 6) is 0.799. The average Bonchev–Trinajstić information content (AvgIpc) is 2.25. The van der Waals surface area contributed by atoms with Crippen molar-refractivity contribution < 1.29 is 9.90 Å². The fourth-order valence-corrected chi connectivity index (χ4v) is 1.99. The summed E-state index contributed by atoms with van der Waals surface area (Å²) in [7, 11) is 0. The van der Waals surface area contributed by atoms with Gasteiger partial charge in [-0.1, -0.05) is 36.9 Å². The summed E-state index contributed by atoms with van der Waals surface area (Å²) >= 11 is 1.64. The van der Waals surface area contributed by atoms with Crippen LogP contribution in [0.5, 0.6) is 0 Å². The Hall–Kier alpha value is -1.22. The van der Waals surface area contributed by atoms with Crippen molar-refractivity contribution >= 4 is 23.8 Å². The van der Waals surface area contributed by atoms with Crippen LogP contribution in [-0.2, 0) is 10.5 Å². The highest BCUT2D eigenvalue weighted by Gasteiger charge is 1.97. The zero-order valence-electron chi connectivity index (χ0n) is 8.48. The van der Waals surface area contributed by atoms with E-state index in [1.807, 2.05) is 24.3 Å². The molecule has 2 nitrogen and oxygen atoms in total. The van der Waals surface area contributed by atoms with Crippen molar-refractivity contribution in [3.8, 4) is 0 Å². The summed E-state index contributed by atoms with van der Waals surface area (Å²) < 4.78 is 0. The maximum absolute atomic E-state index is 10.3. The van der Waals surface area contributed by atoms with E-state index in [-0.39, 0.29) is 6.42 Å². The molecule has 0 saturated heterocycles. The molecule has 0 atom stereocenters. The molecule has 0 fully saturated rings. The number of hydrogen-bond acceptors (Lipinski definition) is 2. The Labute approximate surface area is 94.0 Å². The molecule has 1 N–H and O–H groups in total. The summed E-state index contributed by atoms with van der Waals surface area (Å²) in [6, 6.07) is 8.12. The van der Waals surface area contributed by atoms with Crippen LogP contribution in [0.2, 0.25) is 0 Å². The van der Waals surface area contributed by atoms with Crippen LogP contribution in [0.3, 0.4) is 0 Å². The van der Waals surface area contributed by atoms with E-state index in [0.717, 1.165) is 11.3 Å². The molecule has 1 rings (SSSR count). The van der Waals surface area contributed by atoms with Crippen LogP contribution < -0.4 is 0 Å². The van der Waals surface area contributed by atoms with Crippen LogP contribution in [0.25, 0.3) is 6.08 Å². The number of hydrogen-bond donors (Lipinski definition) is 1. The van der Waals surface area contributed by atoms with Crippen LogP contribution >= 0.6 is 11.8 Å². The summed E-state index contributed by atoms with van der Waals surface area (Å²) in [4.78, 5) is 10.3. The minimum Gasteiger partial charge on any atom is -0.481 e. The first-order valence-corrected chi connectivity index (χ1v) is 5.89. The second-order valence-electron chi connectivity index (χ2n) is 3.14. The highest BCUT2D eigenvalue weighted by Crippen LogP contribution is 2.14. The number of thioether (sulfide) groups is 1. The molecular formula is C12H14O2S. The van der Waals surface area contributed by atoms with Gasteiger partial charge >= 0.3 is 5.97 Å². The molecule has 0 aromatic heterocycles. The van der Waals surface area contributed by atoms with Gasteiger partial charge in [-0.15, -0.1) is 0 Å². The van der Waals surface area contributed by atoms with Crippen molar-refractivity contribution in [3.63, 3.8) is 0 Å². The van der Waals surface area contributed by atoms with Gasteiger partial charge in [0.2, 0.25) is 0 Å². The second-order valence-corrected chi connectivity index (χ2v) is 4.25. The molecule has 0 bridgehead atoms. The first-order valence-electron chi connectivity index (χ1n) is 4.73. The number of carboxylic acid groups (broad SMARTS) is 1. The Balaban J connectivity index is 2.31. The van der Waals surface area contributed by atoms with Crippen molar-refractivity contribution in [2.45, 2.75) is 12.2 Å². The first-order chi connectivity index (χ1) is 7.22. The third-order valence-corrected chi connectivity index (χ3v) is 2.97. The molecule has 1 aromatic carbocycles.